The number of fused-ring (bicyclic) bond motifs is 3. The first-order valence-electron chi connectivity index (χ1n) is 17.4. The fourth-order valence-corrected chi connectivity index (χ4v) is 7.91. The molecule has 0 spiro atoms. The molecule has 7 nitrogen and oxygen atoms in total. The molecular formula is C44H36N6O. The third kappa shape index (κ3) is 4.96. The van der Waals surface area contributed by atoms with Gasteiger partial charge in [0.15, 0.2) is 0 Å². The van der Waals surface area contributed by atoms with E-state index in [-0.39, 0.29) is 11.9 Å². The smallest absolute Gasteiger partial charge is 0.227 e. The van der Waals surface area contributed by atoms with Crippen molar-refractivity contribution in [1.29, 1.82) is 0 Å². The van der Waals surface area contributed by atoms with Crippen LogP contribution >= 0.6 is 0 Å². The molecule has 2 aromatic heterocycles. The molecule has 0 bridgehead atoms. The highest BCUT2D eigenvalue weighted by atomic mass is 16.2. The summed E-state index contributed by atoms with van der Waals surface area (Å²) in [4.78, 5) is 15.9. The average molecular weight is 665 g/mol. The van der Waals surface area contributed by atoms with Gasteiger partial charge in [-0.3, -0.25) is 4.79 Å². The van der Waals surface area contributed by atoms with Crippen LogP contribution in [0, 0.1) is 0 Å². The minimum atomic E-state index is -0.834. The molecule has 0 radical (unpaired) electrons. The minimum Gasteiger partial charge on any atom is -0.331 e. The molecule has 1 atom stereocenters. The molecule has 1 aliphatic rings. The van der Waals surface area contributed by atoms with Gasteiger partial charge in [0, 0.05) is 24.5 Å². The van der Waals surface area contributed by atoms with E-state index in [1.807, 2.05) is 36.2 Å². The fraction of sp³-hybridized carbons (Fsp3) is 0.136. The molecule has 9 rings (SSSR count). The summed E-state index contributed by atoms with van der Waals surface area (Å²) in [6, 6.07) is 52.8. The quantitative estimate of drug-likeness (QED) is 0.160. The summed E-state index contributed by atoms with van der Waals surface area (Å²) < 4.78 is 4.00. The van der Waals surface area contributed by atoms with E-state index in [0.29, 0.717) is 13.0 Å². The Bertz CT molecular complexity index is 2430. The highest BCUT2D eigenvalue weighted by Crippen LogP contribution is 2.45. The third-order valence-corrected chi connectivity index (χ3v) is 10.5. The van der Waals surface area contributed by atoms with E-state index in [1.165, 1.54) is 0 Å². The van der Waals surface area contributed by atoms with Crippen molar-refractivity contribution in [1.82, 2.24) is 29.7 Å². The molecule has 0 saturated carbocycles. The van der Waals surface area contributed by atoms with E-state index < -0.39 is 5.54 Å². The van der Waals surface area contributed by atoms with Gasteiger partial charge in [-0.05, 0) is 64.6 Å². The summed E-state index contributed by atoms with van der Waals surface area (Å²) in [5.74, 6) is 0.124. The number of carbonyl (C=O) groups excluding carboxylic acids is 1. The van der Waals surface area contributed by atoms with Gasteiger partial charge >= 0.3 is 0 Å². The lowest BCUT2D eigenvalue weighted by atomic mass is 9.77. The number of benzene rings is 6. The molecule has 1 amide bonds. The predicted molar refractivity (Wildman–Crippen MR) is 201 cm³/mol. The van der Waals surface area contributed by atoms with Gasteiger partial charge in [0.1, 0.15) is 16.7 Å². The molecule has 0 aliphatic carbocycles. The van der Waals surface area contributed by atoms with Crippen LogP contribution in [0.3, 0.4) is 0 Å². The van der Waals surface area contributed by atoms with E-state index in [2.05, 4.69) is 149 Å². The number of carbonyl (C=O) groups is 1. The summed E-state index contributed by atoms with van der Waals surface area (Å²) in [5, 5.41) is 15.3. The maximum absolute atomic E-state index is 13.9. The maximum atomic E-state index is 13.9. The monoisotopic (exact) mass is 664 g/mol. The zero-order valence-corrected chi connectivity index (χ0v) is 28.5. The van der Waals surface area contributed by atoms with Crippen molar-refractivity contribution in [2.24, 2.45) is 7.05 Å². The van der Waals surface area contributed by atoms with Crippen LogP contribution in [0.4, 0.5) is 0 Å². The van der Waals surface area contributed by atoms with Crippen LogP contribution in [0.25, 0.3) is 33.2 Å². The van der Waals surface area contributed by atoms with Crippen molar-refractivity contribution in [3.63, 3.8) is 0 Å². The summed E-state index contributed by atoms with van der Waals surface area (Å²) in [6.45, 7) is 2.64. The Labute approximate surface area is 296 Å². The van der Waals surface area contributed by atoms with Gasteiger partial charge in [-0.2, -0.15) is 5.10 Å². The number of rotatable bonds is 7. The average Bonchev–Trinajstić information content (AvgIpc) is 3.75. The second-order valence-corrected chi connectivity index (χ2v) is 13.4. The molecule has 6 aromatic carbocycles. The molecule has 0 unspecified atom stereocenters. The second-order valence-electron chi connectivity index (χ2n) is 13.4. The number of amides is 1. The number of aromatic nitrogens is 5. The molecule has 0 fully saturated rings. The summed E-state index contributed by atoms with van der Waals surface area (Å²) in [6.07, 6.45) is 0.324. The molecular weight excluding hydrogens is 629 g/mol. The SMILES string of the molecule is C[C@H](c1ccccc1)N1Cc2cc3c(-c4ccc5nnn(C)c5c4)nn(C(c4ccccc4)(c4ccccc4)c4ccccc4)c3cc2CC1=O. The van der Waals surface area contributed by atoms with Gasteiger partial charge < -0.3 is 4.90 Å². The highest BCUT2D eigenvalue weighted by Gasteiger charge is 2.41. The van der Waals surface area contributed by atoms with E-state index in [0.717, 1.165) is 66.6 Å². The lowest BCUT2D eigenvalue weighted by molar-refractivity contribution is -0.134. The van der Waals surface area contributed by atoms with E-state index in [1.54, 1.807) is 4.68 Å². The molecule has 8 aromatic rings. The largest absolute Gasteiger partial charge is 0.331 e. The van der Waals surface area contributed by atoms with E-state index in [9.17, 15) is 4.79 Å². The van der Waals surface area contributed by atoms with Crippen LogP contribution in [0.5, 0.6) is 0 Å². The summed E-state index contributed by atoms with van der Waals surface area (Å²) in [5.41, 5.74) is 10.3. The van der Waals surface area contributed by atoms with Crippen LogP contribution in [0.2, 0.25) is 0 Å². The van der Waals surface area contributed by atoms with Crippen molar-refractivity contribution in [2.45, 2.75) is 31.5 Å². The number of aryl methyl sites for hydroxylation is 1. The van der Waals surface area contributed by atoms with Crippen molar-refractivity contribution < 1.29 is 4.79 Å². The highest BCUT2D eigenvalue weighted by molar-refractivity contribution is 5.98. The number of hydrogen-bond acceptors (Lipinski definition) is 4. The first-order valence-corrected chi connectivity index (χ1v) is 17.4. The first kappa shape index (κ1) is 30.7. The zero-order chi connectivity index (χ0) is 34.5. The number of nitrogens with zero attached hydrogens (tertiary/aromatic N) is 6. The van der Waals surface area contributed by atoms with Gasteiger partial charge in [0.2, 0.25) is 5.91 Å². The standard InChI is InChI=1S/C44H36N6O/c1-30(31-15-7-3-8-16-31)49-29-34-25-38-40(27-33(34)28-42(49)51)50(46-43(38)32-23-24-39-41(26-32)48(2)47-45-39)44(35-17-9-4-10-18-35,36-19-11-5-12-20-36)37-21-13-6-14-22-37/h3-27,30H,28-29H2,1-2H3/t30-/m1/s1. The fourth-order valence-electron chi connectivity index (χ4n) is 7.91. The summed E-state index contributed by atoms with van der Waals surface area (Å²) >= 11 is 0. The maximum Gasteiger partial charge on any atom is 0.227 e. The molecule has 0 N–H and O–H groups in total. The Hall–Kier alpha value is -6.34. The van der Waals surface area contributed by atoms with Gasteiger partial charge in [0.25, 0.3) is 0 Å². The third-order valence-electron chi connectivity index (χ3n) is 10.5. The summed E-state index contributed by atoms with van der Waals surface area (Å²) in [7, 11) is 1.91. The van der Waals surface area contributed by atoms with Gasteiger partial charge in [-0.1, -0.05) is 133 Å². The van der Waals surface area contributed by atoms with Gasteiger partial charge in [-0.15, -0.1) is 5.10 Å². The van der Waals surface area contributed by atoms with E-state index in [4.69, 9.17) is 5.10 Å². The van der Waals surface area contributed by atoms with Crippen molar-refractivity contribution >= 4 is 27.8 Å². The van der Waals surface area contributed by atoms with Crippen molar-refractivity contribution in [3.8, 4) is 11.3 Å². The van der Waals surface area contributed by atoms with Crippen LogP contribution in [-0.4, -0.2) is 35.6 Å². The molecule has 248 valence electrons. The first-order chi connectivity index (χ1) is 25.0. The Balaban J connectivity index is 1.34. The predicted octanol–water partition coefficient (Wildman–Crippen LogP) is 8.47. The Morgan fingerprint density at radius 2 is 1.25 bits per heavy atom. The lowest BCUT2D eigenvalue weighted by Gasteiger charge is -2.37. The topological polar surface area (TPSA) is 68.8 Å². The normalized spacial score (nSPS) is 13.8. The molecule has 51 heavy (non-hydrogen) atoms. The Kier molecular flexibility index (Phi) is 7.35. The second kappa shape index (κ2) is 12.2. The van der Waals surface area contributed by atoms with Crippen molar-refractivity contribution in [3.05, 3.63) is 185 Å². The van der Waals surface area contributed by atoms with Crippen LogP contribution in [0.15, 0.2) is 152 Å². The van der Waals surface area contributed by atoms with Gasteiger partial charge in [-0.25, -0.2) is 9.36 Å². The number of hydrogen-bond donors (Lipinski definition) is 0. The Morgan fingerprint density at radius 1 is 0.667 bits per heavy atom. The van der Waals surface area contributed by atoms with Crippen molar-refractivity contribution in [2.75, 3.05) is 0 Å². The minimum absolute atomic E-state index is 0.0496. The molecule has 1 aliphatic heterocycles. The van der Waals surface area contributed by atoms with Crippen LogP contribution in [0.1, 0.15) is 46.3 Å². The molecule has 3 heterocycles. The zero-order valence-electron chi connectivity index (χ0n) is 28.5. The molecule has 0 saturated heterocycles. The Morgan fingerprint density at radius 3 is 1.86 bits per heavy atom. The van der Waals surface area contributed by atoms with E-state index >= 15 is 0 Å². The lowest BCUT2D eigenvalue weighted by Crippen LogP contribution is -2.39. The van der Waals surface area contributed by atoms with Gasteiger partial charge in [0.05, 0.1) is 23.5 Å². The van der Waals surface area contributed by atoms with Crippen LogP contribution in [-0.2, 0) is 30.3 Å². The molecule has 7 heteroatoms. The van der Waals surface area contributed by atoms with Crippen LogP contribution < -0.4 is 0 Å².